The number of sulfonamides is 1. The van der Waals surface area contributed by atoms with Crippen LogP contribution in [0.3, 0.4) is 0 Å². The van der Waals surface area contributed by atoms with Gasteiger partial charge in [-0.05, 0) is 47.8 Å². The second-order valence-corrected chi connectivity index (χ2v) is 9.07. The normalized spacial score (nSPS) is 11.2. The van der Waals surface area contributed by atoms with Crippen molar-refractivity contribution in [2.24, 2.45) is 0 Å². The van der Waals surface area contributed by atoms with Crippen LogP contribution in [0.25, 0.3) is 0 Å². The molecule has 0 aliphatic carbocycles. The summed E-state index contributed by atoms with van der Waals surface area (Å²) >= 11 is 1.60. The van der Waals surface area contributed by atoms with Crippen molar-refractivity contribution >= 4 is 33.0 Å². The molecule has 0 spiro atoms. The van der Waals surface area contributed by atoms with Crippen LogP contribution in [-0.4, -0.2) is 33.3 Å². The third kappa shape index (κ3) is 4.20. The Morgan fingerprint density at radius 2 is 1.59 bits per heavy atom. The average molecular weight is 401 g/mol. The minimum Gasteiger partial charge on any atom is -0.337 e. The molecule has 27 heavy (non-hydrogen) atoms. The molecule has 7 heteroatoms. The van der Waals surface area contributed by atoms with Gasteiger partial charge >= 0.3 is 0 Å². The molecule has 0 saturated heterocycles. The van der Waals surface area contributed by atoms with E-state index >= 15 is 0 Å². The van der Waals surface area contributed by atoms with E-state index in [1.165, 1.54) is 11.4 Å². The van der Waals surface area contributed by atoms with E-state index in [2.05, 4.69) is 0 Å². The summed E-state index contributed by atoms with van der Waals surface area (Å²) in [6.45, 7) is 0.542. The van der Waals surface area contributed by atoms with Gasteiger partial charge < -0.3 is 4.90 Å². The fraction of sp³-hybridized carbons (Fsp3) is 0.150. The zero-order valence-corrected chi connectivity index (χ0v) is 16.7. The van der Waals surface area contributed by atoms with Crippen molar-refractivity contribution in [3.63, 3.8) is 0 Å². The van der Waals surface area contributed by atoms with Gasteiger partial charge in [0.1, 0.15) is 0 Å². The van der Waals surface area contributed by atoms with Crippen LogP contribution in [0.1, 0.15) is 15.2 Å². The highest BCUT2D eigenvalue weighted by molar-refractivity contribution is 7.92. The number of carbonyl (C=O) groups is 1. The molecule has 0 bridgehead atoms. The van der Waals surface area contributed by atoms with Crippen LogP contribution in [-0.2, 0) is 16.6 Å². The van der Waals surface area contributed by atoms with E-state index < -0.39 is 10.0 Å². The maximum Gasteiger partial charge on any atom is 0.264 e. The summed E-state index contributed by atoms with van der Waals surface area (Å²) in [5.74, 6) is -0.108. The average Bonchev–Trinajstić information content (AvgIpc) is 3.20. The lowest BCUT2D eigenvalue weighted by atomic mass is 10.2. The van der Waals surface area contributed by atoms with Crippen LogP contribution in [0.15, 0.2) is 77.0 Å². The van der Waals surface area contributed by atoms with E-state index in [9.17, 15) is 13.2 Å². The highest BCUT2D eigenvalue weighted by atomic mass is 32.2. The van der Waals surface area contributed by atoms with Gasteiger partial charge in [-0.3, -0.25) is 9.10 Å². The number of anilines is 1. The fourth-order valence-corrected chi connectivity index (χ4v) is 4.61. The van der Waals surface area contributed by atoms with Gasteiger partial charge in [-0.2, -0.15) is 0 Å². The van der Waals surface area contributed by atoms with Gasteiger partial charge in [-0.15, -0.1) is 11.3 Å². The zero-order chi connectivity index (χ0) is 19.4. The second kappa shape index (κ2) is 7.94. The van der Waals surface area contributed by atoms with Crippen molar-refractivity contribution in [3.8, 4) is 0 Å². The number of benzene rings is 2. The third-order valence-corrected chi connectivity index (χ3v) is 6.86. The van der Waals surface area contributed by atoms with E-state index in [1.807, 2.05) is 17.5 Å². The summed E-state index contributed by atoms with van der Waals surface area (Å²) in [4.78, 5) is 15.5. The number of rotatable bonds is 6. The molecule has 0 unspecified atom stereocenters. The van der Waals surface area contributed by atoms with Crippen molar-refractivity contribution in [2.75, 3.05) is 18.4 Å². The largest absolute Gasteiger partial charge is 0.337 e. The first kappa shape index (κ1) is 19.1. The Labute approximate surface area is 163 Å². The van der Waals surface area contributed by atoms with Crippen LogP contribution in [0.4, 0.5) is 5.69 Å². The predicted molar refractivity (Wildman–Crippen MR) is 109 cm³/mol. The minimum atomic E-state index is -3.64. The Morgan fingerprint density at radius 3 is 2.19 bits per heavy atom. The Morgan fingerprint density at radius 1 is 0.926 bits per heavy atom. The fourth-order valence-electron chi connectivity index (χ4n) is 2.63. The van der Waals surface area contributed by atoms with E-state index in [1.54, 1.807) is 77.9 Å². The molecule has 0 atom stereocenters. The smallest absolute Gasteiger partial charge is 0.264 e. The van der Waals surface area contributed by atoms with Gasteiger partial charge in [-0.1, -0.05) is 24.3 Å². The number of hydrogen-bond donors (Lipinski definition) is 0. The molecule has 0 N–H and O–H groups in total. The van der Waals surface area contributed by atoms with Gasteiger partial charge in [-0.25, -0.2) is 8.42 Å². The summed E-state index contributed by atoms with van der Waals surface area (Å²) in [6, 6.07) is 18.8. The molecule has 0 radical (unpaired) electrons. The molecule has 0 saturated carbocycles. The lowest BCUT2D eigenvalue weighted by Gasteiger charge is -2.20. The van der Waals surface area contributed by atoms with E-state index in [-0.39, 0.29) is 10.8 Å². The van der Waals surface area contributed by atoms with Crippen LogP contribution in [0, 0.1) is 0 Å². The van der Waals surface area contributed by atoms with Gasteiger partial charge in [0, 0.05) is 24.5 Å². The summed E-state index contributed by atoms with van der Waals surface area (Å²) < 4.78 is 26.6. The van der Waals surface area contributed by atoms with E-state index in [4.69, 9.17) is 0 Å². The Hall–Kier alpha value is -2.64. The SMILES string of the molecule is CN(Cc1cccs1)C(=O)c1ccc(N(C)S(=O)(=O)c2ccccc2)cc1. The Balaban J connectivity index is 1.75. The Bertz CT molecular complexity index is 999. The molecule has 3 rings (SSSR count). The van der Waals surface area contributed by atoms with E-state index in [0.717, 1.165) is 4.88 Å². The summed E-state index contributed by atoms with van der Waals surface area (Å²) in [7, 11) is -0.382. The lowest BCUT2D eigenvalue weighted by Crippen LogP contribution is -2.27. The molecule has 5 nitrogen and oxygen atoms in total. The van der Waals surface area contributed by atoms with Crippen molar-refractivity contribution in [1.82, 2.24) is 4.90 Å². The molecular formula is C20H20N2O3S2. The molecule has 1 amide bonds. The van der Waals surface area contributed by atoms with Crippen molar-refractivity contribution in [2.45, 2.75) is 11.4 Å². The zero-order valence-electron chi connectivity index (χ0n) is 15.1. The van der Waals surface area contributed by atoms with Crippen LogP contribution in [0.2, 0.25) is 0 Å². The quantitative estimate of drug-likeness (QED) is 0.632. The first-order valence-electron chi connectivity index (χ1n) is 8.31. The van der Waals surface area contributed by atoms with Gasteiger partial charge in [0.2, 0.25) is 0 Å². The molecule has 3 aromatic rings. The molecular weight excluding hydrogens is 380 g/mol. The van der Waals surface area contributed by atoms with E-state index in [0.29, 0.717) is 17.8 Å². The predicted octanol–water partition coefficient (Wildman–Crippen LogP) is 3.85. The van der Waals surface area contributed by atoms with Crippen molar-refractivity contribution in [1.29, 1.82) is 0 Å². The molecule has 1 heterocycles. The molecule has 0 fully saturated rings. The van der Waals surface area contributed by atoms with Gasteiger partial charge in [0.05, 0.1) is 17.1 Å². The first-order valence-corrected chi connectivity index (χ1v) is 10.6. The standard InChI is InChI=1S/C20H20N2O3S2/c1-21(15-18-7-6-14-26-18)20(23)16-10-12-17(13-11-16)22(2)27(24,25)19-8-4-3-5-9-19/h3-14H,15H2,1-2H3. The first-order chi connectivity index (χ1) is 12.9. The van der Waals surface area contributed by atoms with Crippen LogP contribution in [0.5, 0.6) is 0 Å². The number of amides is 1. The maximum atomic E-state index is 12.7. The monoisotopic (exact) mass is 400 g/mol. The third-order valence-electron chi connectivity index (χ3n) is 4.20. The molecule has 1 aromatic heterocycles. The molecule has 0 aliphatic rings. The Kier molecular flexibility index (Phi) is 5.62. The van der Waals surface area contributed by atoms with Crippen LogP contribution < -0.4 is 4.31 Å². The van der Waals surface area contributed by atoms with Gasteiger partial charge in [0.25, 0.3) is 15.9 Å². The molecule has 2 aromatic carbocycles. The second-order valence-electron chi connectivity index (χ2n) is 6.07. The number of nitrogens with zero attached hydrogens (tertiary/aromatic N) is 2. The van der Waals surface area contributed by atoms with Gasteiger partial charge in [0.15, 0.2) is 0 Å². The summed E-state index contributed by atoms with van der Waals surface area (Å²) in [6.07, 6.45) is 0. The summed E-state index contributed by atoms with van der Waals surface area (Å²) in [5, 5.41) is 1.98. The lowest BCUT2D eigenvalue weighted by molar-refractivity contribution is 0.0786. The highest BCUT2D eigenvalue weighted by Gasteiger charge is 2.21. The number of carbonyl (C=O) groups excluding carboxylic acids is 1. The molecule has 0 aliphatic heterocycles. The number of thiophene rings is 1. The molecule has 140 valence electrons. The minimum absolute atomic E-state index is 0.108. The highest BCUT2D eigenvalue weighted by Crippen LogP contribution is 2.23. The van der Waals surface area contributed by atoms with Crippen molar-refractivity contribution in [3.05, 3.63) is 82.6 Å². The summed E-state index contributed by atoms with van der Waals surface area (Å²) in [5.41, 5.74) is 1.01. The van der Waals surface area contributed by atoms with Crippen molar-refractivity contribution < 1.29 is 13.2 Å². The topological polar surface area (TPSA) is 57.7 Å². The maximum absolute atomic E-state index is 12.7. The number of hydrogen-bond acceptors (Lipinski definition) is 4. The van der Waals surface area contributed by atoms with Crippen LogP contribution >= 0.6 is 11.3 Å².